The van der Waals surface area contributed by atoms with Crippen molar-refractivity contribution in [1.82, 2.24) is 0 Å². The van der Waals surface area contributed by atoms with Crippen LogP contribution in [0.1, 0.15) is 16.8 Å². The largest absolute Gasteiger partial charge is 0.463 e. The number of esters is 2. The number of rotatable bonds is 3. The van der Waals surface area contributed by atoms with E-state index in [4.69, 9.17) is 16.3 Å². The van der Waals surface area contributed by atoms with Crippen molar-refractivity contribution in [3.63, 3.8) is 0 Å². The van der Waals surface area contributed by atoms with Gasteiger partial charge in [0.05, 0.1) is 22.1 Å². The van der Waals surface area contributed by atoms with Gasteiger partial charge >= 0.3 is 11.9 Å². The Hall–Kier alpha value is -1.60. The maximum absolute atomic E-state index is 11.9. The Balaban J connectivity index is 2.27. The summed E-state index contributed by atoms with van der Waals surface area (Å²) in [4.78, 5) is 23.1. The molecular formula is C12H11ClO6S. The molecule has 20 heavy (non-hydrogen) atoms. The van der Waals surface area contributed by atoms with E-state index < -0.39 is 27.9 Å². The van der Waals surface area contributed by atoms with Crippen molar-refractivity contribution in [2.75, 3.05) is 12.9 Å². The third kappa shape index (κ3) is 3.10. The number of halogens is 1. The Morgan fingerprint density at radius 2 is 2.15 bits per heavy atom. The van der Waals surface area contributed by atoms with Gasteiger partial charge in [-0.1, -0.05) is 11.6 Å². The highest BCUT2D eigenvalue weighted by Gasteiger charge is 2.31. The smallest absolute Gasteiger partial charge is 0.347 e. The highest BCUT2D eigenvalue weighted by molar-refractivity contribution is 7.90. The molecule has 0 aliphatic carbocycles. The Kier molecular flexibility index (Phi) is 4.01. The fourth-order valence-electron chi connectivity index (χ4n) is 1.67. The van der Waals surface area contributed by atoms with E-state index in [0.29, 0.717) is 0 Å². The van der Waals surface area contributed by atoms with Crippen LogP contribution in [-0.2, 0) is 24.1 Å². The van der Waals surface area contributed by atoms with Crippen molar-refractivity contribution in [1.29, 1.82) is 0 Å². The molecule has 6 nitrogen and oxygen atoms in total. The van der Waals surface area contributed by atoms with Gasteiger partial charge in [-0.3, -0.25) is 0 Å². The van der Waals surface area contributed by atoms with Gasteiger partial charge in [0.2, 0.25) is 6.10 Å². The summed E-state index contributed by atoms with van der Waals surface area (Å²) in [5, 5.41) is 0.0498. The van der Waals surface area contributed by atoms with Crippen LogP contribution < -0.4 is 0 Å². The van der Waals surface area contributed by atoms with Gasteiger partial charge in [0.25, 0.3) is 0 Å². The zero-order chi connectivity index (χ0) is 14.9. The predicted octanol–water partition coefficient (Wildman–Crippen LogP) is 1.22. The van der Waals surface area contributed by atoms with Crippen LogP contribution in [0.5, 0.6) is 0 Å². The minimum Gasteiger partial charge on any atom is -0.463 e. The molecule has 108 valence electrons. The number of carbonyl (C=O) groups is 2. The molecule has 1 aliphatic rings. The maximum atomic E-state index is 11.9. The molecule has 0 N–H and O–H groups in total. The lowest BCUT2D eigenvalue weighted by molar-refractivity contribution is -0.145. The van der Waals surface area contributed by atoms with Gasteiger partial charge in [0, 0.05) is 12.7 Å². The summed E-state index contributed by atoms with van der Waals surface area (Å²) in [6.07, 6.45) is 0.314. The molecule has 1 saturated heterocycles. The van der Waals surface area contributed by atoms with Gasteiger partial charge in [0.1, 0.15) is 0 Å². The molecule has 1 fully saturated rings. The van der Waals surface area contributed by atoms with Crippen LogP contribution >= 0.6 is 11.6 Å². The highest BCUT2D eigenvalue weighted by Crippen LogP contribution is 2.23. The molecule has 0 bridgehead atoms. The number of cyclic esters (lactones) is 1. The van der Waals surface area contributed by atoms with Gasteiger partial charge in [-0.25, -0.2) is 18.0 Å². The van der Waals surface area contributed by atoms with Crippen LogP contribution in [0, 0.1) is 0 Å². The summed E-state index contributed by atoms with van der Waals surface area (Å²) in [5.74, 6) is -1.47. The lowest BCUT2D eigenvalue weighted by Crippen LogP contribution is -2.23. The van der Waals surface area contributed by atoms with Crippen LogP contribution in [0.25, 0.3) is 0 Å². The number of benzene rings is 1. The van der Waals surface area contributed by atoms with Crippen molar-refractivity contribution in [2.45, 2.75) is 17.4 Å². The molecule has 1 aromatic carbocycles. The van der Waals surface area contributed by atoms with Crippen molar-refractivity contribution in [2.24, 2.45) is 0 Å². The minimum atomic E-state index is -3.47. The molecule has 8 heteroatoms. The van der Waals surface area contributed by atoms with E-state index in [1.807, 2.05) is 0 Å². The Labute approximate surface area is 120 Å². The number of sulfone groups is 1. The second-order valence-electron chi connectivity index (χ2n) is 4.26. The number of hydrogen-bond acceptors (Lipinski definition) is 6. The average Bonchev–Trinajstić information content (AvgIpc) is 2.74. The summed E-state index contributed by atoms with van der Waals surface area (Å²) in [6.45, 7) is 0.188. The van der Waals surface area contributed by atoms with E-state index in [-0.39, 0.29) is 28.5 Å². The van der Waals surface area contributed by atoms with E-state index in [2.05, 4.69) is 4.74 Å². The third-order valence-electron chi connectivity index (χ3n) is 2.72. The molecule has 0 aromatic heterocycles. The molecule has 0 amide bonds. The molecule has 0 unspecified atom stereocenters. The van der Waals surface area contributed by atoms with Crippen molar-refractivity contribution >= 4 is 33.4 Å². The van der Waals surface area contributed by atoms with Crippen LogP contribution in [0.4, 0.5) is 0 Å². The molecule has 0 saturated carbocycles. The molecule has 0 radical (unpaired) electrons. The van der Waals surface area contributed by atoms with Gasteiger partial charge in [-0.15, -0.1) is 0 Å². The van der Waals surface area contributed by atoms with Crippen LogP contribution in [0.15, 0.2) is 23.1 Å². The van der Waals surface area contributed by atoms with Gasteiger partial charge in [-0.2, -0.15) is 0 Å². The topological polar surface area (TPSA) is 86.7 Å². The molecule has 1 heterocycles. The third-order valence-corrected chi connectivity index (χ3v) is 4.16. The predicted molar refractivity (Wildman–Crippen MR) is 69.3 cm³/mol. The average molecular weight is 319 g/mol. The summed E-state index contributed by atoms with van der Waals surface area (Å²) in [6, 6.07) is 3.71. The van der Waals surface area contributed by atoms with E-state index in [1.165, 1.54) is 12.1 Å². The minimum absolute atomic E-state index is 0.0498. The number of hydrogen-bond donors (Lipinski definition) is 0. The van der Waals surface area contributed by atoms with Crippen molar-refractivity contribution < 1.29 is 27.5 Å². The summed E-state index contributed by atoms with van der Waals surface area (Å²) in [7, 11) is -3.47. The normalized spacial score (nSPS) is 18.7. The lowest BCUT2D eigenvalue weighted by Gasteiger charge is -2.10. The van der Waals surface area contributed by atoms with Crippen molar-refractivity contribution in [3.05, 3.63) is 28.8 Å². The highest BCUT2D eigenvalue weighted by atomic mass is 35.5. The SMILES string of the molecule is CS(=O)(=O)c1ccc(Cl)c(C(=O)O[C@H]2CCOC2=O)c1. The molecule has 1 aliphatic heterocycles. The Morgan fingerprint density at radius 3 is 2.70 bits per heavy atom. The molecule has 0 spiro atoms. The van der Waals surface area contributed by atoms with E-state index >= 15 is 0 Å². The van der Waals surface area contributed by atoms with E-state index in [0.717, 1.165) is 12.3 Å². The summed E-state index contributed by atoms with van der Waals surface area (Å²) in [5.41, 5.74) is -0.103. The first-order valence-electron chi connectivity index (χ1n) is 5.66. The second kappa shape index (κ2) is 5.41. The zero-order valence-electron chi connectivity index (χ0n) is 10.5. The fraction of sp³-hybridized carbons (Fsp3) is 0.333. The van der Waals surface area contributed by atoms with Gasteiger partial charge < -0.3 is 9.47 Å². The quantitative estimate of drug-likeness (QED) is 0.779. The zero-order valence-corrected chi connectivity index (χ0v) is 12.0. The first-order valence-corrected chi connectivity index (χ1v) is 7.93. The molecule has 2 rings (SSSR count). The first kappa shape index (κ1) is 14.8. The fourth-order valence-corrected chi connectivity index (χ4v) is 2.51. The van der Waals surface area contributed by atoms with E-state index in [1.54, 1.807) is 0 Å². The monoisotopic (exact) mass is 318 g/mol. The van der Waals surface area contributed by atoms with Crippen molar-refractivity contribution in [3.8, 4) is 0 Å². The lowest BCUT2D eigenvalue weighted by atomic mass is 10.2. The van der Waals surface area contributed by atoms with E-state index in [9.17, 15) is 18.0 Å². The van der Waals surface area contributed by atoms with Crippen LogP contribution in [0.3, 0.4) is 0 Å². The molecular weight excluding hydrogens is 308 g/mol. The Morgan fingerprint density at radius 1 is 1.45 bits per heavy atom. The maximum Gasteiger partial charge on any atom is 0.347 e. The van der Waals surface area contributed by atoms with Gasteiger partial charge in [0.15, 0.2) is 9.84 Å². The summed E-state index contributed by atoms with van der Waals surface area (Å²) < 4.78 is 32.5. The van der Waals surface area contributed by atoms with Crippen LogP contribution in [-0.4, -0.2) is 39.3 Å². The van der Waals surface area contributed by atoms with Gasteiger partial charge in [-0.05, 0) is 18.2 Å². The van der Waals surface area contributed by atoms with Crippen LogP contribution in [0.2, 0.25) is 5.02 Å². The first-order chi connectivity index (χ1) is 9.29. The molecule has 1 aromatic rings. The summed E-state index contributed by atoms with van der Waals surface area (Å²) >= 11 is 5.85. The Bertz CT molecular complexity index is 667. The number of ether oxygens (including phenoxy) is 2. The molecule has 1 atom stereocenters. The second-order valence-corrected chi connectivity index (χ2v) is 6.69. The standard InChI is InChI=1S/C12H11ClO6S/c1-20(16,17)7-2-3-9(13)8(6-7)11(14)19-10-4-5-18-12(10)15/h2-3,6,10H,4-5H2,1H3/t10-/m0/s1. The number of carbonyl (C=O) groups excluding carboxylic acids is 2.